The number of rotatable bonds is 8. The number of para-hydroxylation sites is 1. The molecule has 0 spiro atoms. The van der Waals surface area contributed by atoms with E-state index >= 15 is 0 Å². The van der Waals surface area contributed by atoms with Gasteiger partial charge in [0.2, 0.25) is 11.8 Å². The number of aryl methyl sites for hydroxylation is 4. The Bertz CT molecular complexity index is 888. The van der Waals surface area contributed by atoms with Crippen LogP contribution in [0.5, 0.6) is 0 Å². The number of carbonyl (C=O) groups excluding carboxylic acids is 2. The highest BCUT2D eigenvalue weighted by atomic mass is 16.2. The van der Waals surface area contributed by atoms with Crippen molar-refractivity contribution in [3.8, 4) is 6.07 Å². The summed E-state index contributed by atoms with van der Waals surface area (Å²) >= 11 is 0. The van der Waals surface area contributed by atoms with Crippen LogP contribution in [0.15, 0.2) is 18.2 Å². The van der Waals surface area contributed by atoms with E-state index in [9.17, 15) is 9.59 Å². The van der Waals surface area contributed by atoms with Crippen LogP contribution in [0.1, 0.15) is 40.9 Å². The minimum absolute atomic E-state index is 0.0635. The molecule has 0 aliphatic carbocycles. The van der Waals surface area contributed by atoms with Crippen molar-refractivity contribution in [1.29, 1.82) is 5.26 Å². The number of nitriles is 1. The molecule has 1 aromatic heterocycles. The lowest BCUT2D eigenvalue weighted by Crippen LogP contribution is -2.33. The van der Waals surface area contributed by atoms with E-state index in [0.717, 1.165) is 33.8 Å². The summed E-state index contributed by atoms with van der Waals surface area (Å²) in [5.41, 5.74) is 5.63. The third kappa shape index (κ3) is 5.43. The van der Waals surface area contributed by atoms with E-state index in [2.05, 4.69) is 21.8 Å². The highest BCUT2D eigenvalue weighted by molar-refractivity contribution is 5.95. The summed E-state index contributed by atoms with van der Waals surface area (Å²) in [5, 5.41) is 18.7. The molecule has 0 atom stereocenters. The Hall–Kier alpha value is -3.14. The normalized spacial score (nSPS) is 10.4. The Morgan fingerprint density at radius 2 is 1.82 bits per heavy atom. The van der Waals surface area contributed by atoms with Crippen molar-refractivity contribution in [1.82, 2.24) is 15.1 Å². The lowest BCUT2D eigenvalue weighted by atomic mass is 10.1. The number of amides is 2. The Kier molecular flexibility index (Phi) is 7.33. The molecule has 148 valence electrons. The van der Waals surface area contributed by atoms with E-state index in [1.807, 2.05) is 50.6 Å². The van der Waals surface area contributed by atoms with Gasteiger partial charge in [0, 0.05) is 17.8 Å². The summed E-state index contributed by atoms with van der Waals surface area (Å²) < 4.78 is 1.81. The van der Waals surface area contributed by atoms with Gasteiger partial charge in [-0.25, -0.2) is 0 Å². The van der Waals surface area contributed by atoms with Crippen molar-refractivity contribution in [3.05, 3.63) is 46.3 Å². The molecule has 7 nitrogen and oxygen atoms in total. The second kappa shape index (κ2) is 9.70. The van der Waals surface area contributed by atoms with Gasteiger partial charge in [-0.1, -0.05) is 18.2 Å². The molecule has 0 bridgehead atoms. The second-order valence-corrected chi connectivity index (χ2v) is 6.87. The summed E-state index contributed by atoms with van der Waals surface area (Å²) in [6.07, 6.45) is 1.23. The van der Waals surface area contributed by atoms with Crippen LogP contribution in [0.2, 0.25) is 0 Å². The van der Waals surface area contributed by atoms with Crippen LogP contribution in [0.4, 0.5) is 5.69 Å². The first-order chi connectivity index (χ1) is 13.3. The second-order valence-electron chi connectivity index (χ2n) is 6.87. The number of hydrogen-bond acceptors (Lipinski definition) is 4. The molecule has 0 unspecified atom stereocenters. The monoisotopic (exact) mass is 381 g/mol. The summed E-state index contributed by atoms with van der Waals surface area (Å²) in [7, 11) is 0. The molecule has 28 heavy (non-hydrogen) atoms. The topological polar surface area (TPSA) is 99.8 Å². The molecule has 0 radical (unpaired) electrons. The van der Waals surface area contributed by atoms with Crippen molar-refractivity contribution in [2.24, 2.45) is 0 Å². The molecule has 2 aromatic rings. The molecule has 0 aliphatic rings. The fourth-order valence-electron chi connectivity index (χ4n) is 3.17. The van der Waals surface area contributed by atoms with E-state index in [1.165, 1.54) is 0 Å². The molecule has 2 rings (SSSR count). The lowest BCUT2D eigenvalue weighted by molar-refractivity contribution is -0.124. The van der Waals surface area contributed by atoms with Gasteiger partial charge in [-0.15, -0.1) is 0 Å². The van der Waals surface area contributed by atoms with Crippen LogP contribution in [-0.4, -0.2) is 28.1 Å². The van der Waals surface area contributed by atoms with Crippen molar-refractivity contribution in [2.75, 3.05) is 11.9 Å². The van der Waals surface area contributed by atoms with Crippen LogP contribution < -0.4 is 10.6 Å². The zero-order valence-electron chi connectivity index (χ0n) is 16.9. The highest BCUT2D eigenvalue weighted by Gasteiger charge is 2.14. The lowest BCUT2D eigenvalue weighted by Gasteiger charge is -2.12. The van der Waals surface area contributed by atoms with Gasteiger partial charge in [-0.2, -0.15) is 10.4 Å². The van der Waals surface area contributed by atoms with Gasteiger partial charge in [0.05, 0.1) is 31.3 Å². The standard InChI is InChI=1S/C21H27N5O2/c1-14-7-5-8-15(2)21(14)24-20(28)13-23-19(27)10-9-18-16(3)25-26(17(18)4)12-6-11-22/h5,7-8H,6,9-10,12-13H2,1-4H3,(H,23,27)(H,24,28). The van der Waals surface area contributed by atoms with Crippen LogP contribution in [0.3, 0.4) is 0 Å². The molecule has 0 aliphatic heterocycles. The Morgan fingerprint density at radius 3 is 2.46 bits per heavy atom. The molecule has 0 saturated heterocycles. The third-order valence-corrected chi connectivity index (χ3v) is 4.76. The van der Waals surface area contributed by atoms with Crippen molar-refractivity contribution in [2.45, 2.75) is 53.5 Å². The maximum atomic E-state index is 12.1. The van der Waals surface area contributed by atoms with Crippen LogP contribution >= 0.6 is 0 Å². The maximum Gasteiger partial charge on any atom is 0.243 e. The van der Waals surface area contributed by atoms with Crippen molar-refractivity contribution >= 4 is 17.5 Å². The quantitative estimate of drug-likeness (QED) is 0.734. The van der Waals surface area contributed by atoms with Gasteiger partial charge in [-0.05, 0) is 50.8 Å². The van der Waals surface area contributed by atoms with E-state index < -0.39 is 0 Å². The molecule has 2 amide bonds. The Morgan fingerprint density at radius 1 is 1.14 bits per heavy atom. The molecule has 1 heterocycles. The van der Waals surface area contributed by atoms with Crippen LogP contribution in [0, 0.1) is 39.0 Å². The fourth-order valence-corrected chi connectivity index (χ4v) is 3.17. The van der Waals surface area contributed by atoms with Gasteiger partial charge in [0.1, 0.15) is 0 Å². The fraction of sp³-hybridized carbons (Fsp3) is 0.429. The number of nitrogens with one attached hydrogen (secondary N) is 2. The average molecular weight is 381 g/mol. The molecule has 0 saturated carbocycles. The highest BCUT2D eigenvalue weighted by Crippen LogP contribution is 2.19. The van der Waals surface area contributed by atoms with Crippen molar-refractivity contribution in [3.63, 3.8) is 0 Å². The van der Waals surface area contributed by atoms with Gasteiger partial charge in [-0.3, -0.25) is 14.3 Å². The Labute approximate surface area is 165 Å². The molecule has 1 aromatic carbocycles. The van der Waals surface area contributed by atoms with E-state index in [0.29, 0.717) is 19.4 Å². The number of aromatic nitrogens is 2. The van der Waals surface area contributed by atoms with E-state index in [1.54, 1.807) is 0 Å². The molecule has 2 N–H and O–H groups in total. The minimum atomic E-state index is -0.248. The predicted molar refractivity (Wildman–Crippen MR) is 108 cm³/mol. The Balaban J connectivity index is 1.84. The molecular formula is C21H27N5O2. The van der Waals surface area contributed by atoms with Gasteiger partial charge < -0.3 is 10.6 Å². The number of benzene rings is 1. The van der Waals surface area contributed by atoms with Crippen LogP contribution in [-0.2, 0) is 22.6 Å². The SMILES string of the molecule is Cc1cccc(C)c1NC(=O)CNC(=O)CCc1c(C)nn(CCC#N)c1C. The summed E-state index contributed by atoms with van der Waals surface area (Å²) in [5.74, 6) is -0.428. The molecule has 7 heteroatoms. The summed E-state index contributed by atoms with van der Waals surface area (Å²) in [4.78, 5) is 24.3. The summed E-state index contributed by atoms with van der Waals surface area (Å²) in [6, 6.07) is 7.92. The van der Waals surface area contributed by atoms with Gasteiger partial charge in [0.15, 0.2) is 0 Å². The zero-order valence-corrected chi connectivity index (χ0v) is 16.9. The van der Waals surface area contributed by atoms with Gasteiger partial charge in [0.25, 0.3) is 0 Å². The van der Waals surface area contributed by atoms with E-state index in [-0.39, 0.29) is 24.8 Å². The number of anilines is 1. The first-order valence-electron chi connectivity index (χ1n) is 9.36. The van der Waals surface area contributed by atoms with Gasteiger partial charge >= 0.3 is 0 Å². The largest absolute Gasteiger partial charge is 0.347 e. The predicted octanol–water partition coefficient (Wildman–Crippen LogP) is 2.72. The molecular weight excluding hydrogens is 354 g/mol. The number of carbonyl (C=O) groups is 2. The average Bonchev–Trinajstić information content (AvgIpc) is 2.92. The zero-order chi connectivity index (χ0) is 20.7. The van der Waals surface area contributed by atoms with E-state index in [4.69, 9.17) is 5.26 Å². The smallest absolute Gasteiger partial charge is 0.243 e. The summed E-state index contributed by atoms with van der Waals surface area (Å²) in [6.45, 7) is 8.20. The maximum absolute atomic E-state index is 12.1. The number of nitrogens with zero attached hydrogens (tertiary/aromatic N) is 3. The van der Waals surface area contributed by atoms with Crippen molar-refractivity contribution < 1.29 is 9.59 Å². The first kappa shape index (κ1) is 21.2. The third-order valence-electron chi connectivity index (χ3n) is 4.76. The van der Waals surface area contributed by atoms with Crippen LogP contribution in [0.25, 0.3) is 0 Å². The minimum Gasteiger partial charge on any atom is -0.347 e. The molecule has 0 fully saturated rings. The first-order valence-corrected chi connectivity index (χ1v) is 9.36. The number of hydrogen-bond donors (Lipinski definition) is 2.